The lowest BCUT2D eigenvalue weighted by Gasteiger charge is -2.07. The monoisotopic (exact) mass is 369 g/mol. The van der Waals surface area contributed by atoms with Crippen LogP contribution in [0.5, 0.6) is 0 Å². The Morgan fingerprint density at radius 3 is 2.83 bits per heavy atom. The van der Waals surface area contributed by atoms with E-state index >= 15 is 0 Å². The number of halogens is 1. The maximum atomic E-state index is 12.0. The number of thioether (sulfide) groups is 1. The summed E-state index contributed by atoms with van der Waals surface area (Å²) in [5.41, 5.74) is 1.71. The van der Waals surface area contributed by atoms with Gasteiger partial charge in [0.1, 0.15) is 0 Å². The molecule has 4 nitrogen and oxygen atoms in total. The number of aliphatic carboxylic acids is 1. The van der Waals surface area contributed by atoms with Gasteiger partial charge in [0.05, 0.1) is 10.8 Å². The molecule has 23 heavy (non-hydrogen) atoms. The Hall–Kier alpha value is -1.50. The number of hydrogen-bond donors (Lipinski definition) is 2. The number of benzene rings is 1. The molecule has 0 fully saturated rings. The van der Waals surface area contributed by atoms with Crippen molar-refractivity contribution in [3.63, 3.8) is 0 Å². The highest BCUT2D eigenvalue weighted by atomic mass is 35.5. The number of carbonyl (C=O) groups is 2. The number of nitrogens with one attached hydrogen (secondary N) is 1. The summed E-state index contributed by atoms with van der Waals surface area (Å²) >= 11 is 8.73. The molecular formula is C16H16ClNO3S2. The molecule has 0 aliphatic heterocycles. The first-order valence-electron chi connectivity index (χ1n) is 6.94. The summed E-state index contributed by atoms with van der Waals surface area (Å²) in [5.74, 6) is -0.207. The van der Waals surface area contributed by atoms with E-state index in [1.165, 1.54) is 11.8 Å². The zero-order valence-corrected chi connectivity index (χ0v) is 14.6. The van der Waals surface area contributed by atoms with Crippen molar-refractivity contribution >= 4 is 52.3 Å². The van der Waals surface area contributed by atoms with Crippen molar-refractivity contribution in [1.29, 1.82) is 0 Å². The van der Waals surface area contributed by atoms with Crippen LogP contribution in [0.15, 0.2) is 35.7 Å². The van der Waals surface area contributed by atoms with E-state index in [-0.39, 0.29) is 11.7 Å². The predicted octanol–water partition coefficient (Wildman–Crippen LogP) is 4.29. The predicted molar refractivity (Wildman–Crippen MR) is 96.5 cm³/mol. The topological polar surface area (TPSA) is 66.4 Å². The van der Waals surface area contributed by atoms with E-state index in [4.69, 9.17) is 16.7 Å². The zero-order chi connectivity index (χ0) is 16.7. The summed E-state index contributed by atoms with van der Waals surface area (Å²) in [7, 11) is 0. The molecular weight excluding hydrogens is 354 g/mol. The number of rotatable bonds is 8. The maximum Gasteiger partial charge on any atom is 0.313 e. The van der Waals surface area contributed by atoms with E-state index in [1.54, 1.807) is 11.3 Å². The highest BCUT2D eigenvalue weighted by molar-refractivity contribution is 7.99. The van der Waals surface area contributed by atoms with Crippen LogP contribution in [0.4, 0.5) is 5.69 Å². The lowest BCUT2D eigenvalue weighted by molar-refractivity contribution is -0.133. The SMILES string of the molecule is O=C(O)CSCc1cccc(NC(=O)CCc2cc(Cl)cs2)c1. The molecule has 1 aromatic heterocycles. The second kappa shape index (κ2) is 8.96. The Morgan fingerprint density at radius 1 is 1.30 bits per heavy atom. The molecule has 0 saturated heterocycles. The summed E-state index contributed by atoms with van der Waals surface area (Å²) < 4.78 is 0. The molecule has 2 rings (SSSR count). The standard InChI is InChI=1S/C16H16ClNO3S2/c17-12-7-14(23-9-12)4-5-15(19)18-13-3-1-2-11(6-13)8-22-10-16(20)21/h1-3,6-7,9H,4-5,8,10H2,(H,18,19)(H,20,21). The smallest absolute Gasteiger partial charge is 0.313 e. The van der Waals surface area contributed by atoms with Gasteiger partial charge in [0.2, 0.25) is 5.91 Å². The molecule has 0 aliphatic rings. The number of carbonyl (C=O) groups excluding carboxylic acids is 1. The molecule has 0 saturated carbocycles. The third-order valence-corrected chi connectivity index (χ3v) is 5.26. The molecule has 1 aromatic carbocycles. The van der Waals surface area contributed by atoms with Crippen LogP contribution in [0.1, 0.15) is 16.9 Å². The highest BCUT2D eigenvalue weighted by Gasteiger charge is 2.06. The second-order valence-corrected chi connectivity index (χ2v) is 7.28. The number of hydrogen-bond acceptors (Lipinski definition) is 4. The minimum atomic E-state index is -0.826. The van der Waals surface area contributed by atoms with E-state index in [9.17, 15) is 9.59 Å². The van der Waals surface area contributed by atoms with Crippen molar-refractivity contribution in [3.05, 3.63) is 51.2 Å². The fourth-order valence-electron chi connectivity index (χ4n) is 1.94. The van der Waals surface area contributed by atoms with E-state index in [0.717, 1.165) is 16.1 Å². The number of aryl methyl sites for hydroxylation is 1. The fourth-order valence-corrected chi connectivity index (χ4v) is 3.71. The van der Waals surface area contributed by atoms with Crippen LogP contribution in [-0.2, 0) is 21.8 Å². The van der Waals surface area contributed by atoms with E-state index in [2.05, 4.69) is 5.32 Å². The maximum absolute atomic E-state index is 12.0. The van der Waals surface area contributed by atoms with Gasteiger partial charge >= 0.3 is 5.97 Å². The van der Waals surface area contributed by atoms with Gasteiger partial charge < -0.3 is 10.4 Å². The molecule has 0 atom stereocenters. The first-order chi connectivity index (χ1) is 11.0. The average molecular weight is 370 g/mol. The van der Waals surface area contributed by atoms with E-state index < -0.39 is 5.97 Å². The van der Waals surface area contributed by atoms with Crippen molar-refractivity contribution in [3.8, 4) is 0 Å². The largest absolute Gasteiger partial charge is 0.481 e. The third kappa shape index (κ3) is 6.64. The molecule has 2 aromatic rings. The van der Waals surface area contributed by atoms with Crippen LogP contribution in [0.25, 0.3) is 0 Å². The van der Waals surface area contributed by atoms with Crippen molar-refractivity contribution in [1.82, 2.24) is 0 Å². The Bertz CT molecular complexity index is 687. The Morgan fingerprint density at radius 2 is 2.13 bits per heavy atom. The van der Waals surface area contributed by atoms with Gasteiger partial charge in [0, 0.05) is 28.1 Å². The second-order valence-electron chi connectivity index (χ2n) is 4.87. The Labute approximate surface area is 147 Å². The zero-order valence-electron chi connectivity index (χ0n) is 12.3. The molecule has 0 unspecified atom stereocenters. The molecule has 2 N–H and O–H groups in total. The van der Waals surface area contributed by atoms with Crippen molar-refractivity contribution < 1.29 is 14.7 Å². The molecule has 122 valence electrons. The van der Waals surface area contributed by atoms with Crippen LogP contribution in [0.2, 0.25) is 5.02 Å². The lowest BCUT2D eigenvalue weighted by Crippen LogP contribution is -2.12. The molecule has 1 amide bonds. The number of thiophene rings is 1. The summed E-state index contributed by atoms with van der Waals surface area (Å²) in [6.45, 7) is 0. The van der Waals surface area contributed by atoms with Crippen LogP contribution < -0.4 is 5.32 Å². The Kier molecular flexibility index (Phi) is 6.95. The summed E-state index contributed by atoms with van der Waals surface area (Å²) in [5, 5.41) is 14.1. The molecule has 0 aliphatic carbocycles. The van der Waals surface area contributed by atoms with Crippen LogP contribution in [0.3, 0.4) is 0 Å². The molecule has 0 spiro atoms. The third-order valence-electron chi connectivity index (χ3n) is 2.93. The number of anilines is 1. The number of carboxylic acids is 1. The van der Waals surface area contributed by atoms with Gasteiger partial charge in [-0.1, -0.05) is 23.7 Å². The van der Waals surface area contributed by atoms with Gasteiger partial charge in [-0.3, -0.25) is 9.59 Å². The van der Waals surface area contributed by atoms with E-state index in [1.807, 2.05) is 35.7 Å². The van der Waals surface area contributed by atoms with Gasteiger partial charge in [-0.15, -0.1) is 23.1 Å². The first-order valence-corrected chi connectivity index (χ1v) is 9.35. The van der Waals surface area contributed by atoms with Crippen molar-refractivity contribution in [2.24, 2.45) is 0 Å². The molecule has 0 radical (unpaired) electrons. The van der Waals surface area contributed by atoms with E-state index in [0.29, 0.717) is 23.6 Å². The number of carboxylic acid groups (broad SMARTS) is 1. The van der Waals surface area contributed by atoms with Crippen LogP contribution in [-0.4, -0.2) is 22.7 Å². The minimum Gasteiger partial charge on any atom is -0.481 e. The lowest BCUT2D eigenvalue weighted by atomic mass is 10.2. The number of amides is 1. The Balaban J connectivity index is 1.81. The van der Waals surface area contributed by atoms with Gasteiger partial charge in [-0.25, -0.2) is 0 Å². The molecule has 7 heteroatoms. The quantitative estimate of drug-likeness (QED) is 0.728. The minimum absolute atomic E-state index is 0.0511. The van der Waals surface area contributed by atoms with Gasteiger partial charge in [-0.2, -0.15) is 0 Å². The van der Waals surface area contributed by atoms with Gasteiger partial charge in [0.15, 0.2) is 0 Å². The van der Waals surface area contributed by atoms with Crippen LogP contribution in [0, 0.1) is 0 Å². The normalized spacial score (nSPS) is 10.5. The van der Waals surface area contributed by atoms with Crippen LogP contribution >= 0.6 is 34.7 Å². The van der Waals surface area contributed by atoms with Gasteiger partial charge in [0.25, 0.3) is 0 Å². The highest BCUT2D eigenvalue weighted by Crippen LogP contribution is 2.21. The summed E-state index contributed by atoms with van der Waals surface area (Å²) in [4.78, 5) is 23.6. The van der Waals surface area contributed by atoms with Gasteiger partial charge in [-0.05, 0) is 30.2 Å². The average Bonchev–Trinajstić information content (AvgIpc) is 2.91. The first kappa shape index (κ1) is 17.8. The van der Waals surface area contributed by atoms with Crippen molar-refractivity contribution in [2.45, 2.75) is 18.6 Å². The summed E-state index contributed by atoms with van der Waals surface area (Å²) in [6, 6.07) is 9.34. The molecule has 0 bridgehead atoms. The summed E-state index contributed by atoms with van der Waals surface area (Å²) in [6.07, 6.45) is 1.06. The molecule has 1 heterocycles. The van der Waals surface area contributed by atoms with Crippen molar-refractivity contribution in [2.75, 3.05) is 11.1 Å². The fraction of sp³-hybridized carbons (Fsp3) is 0.250.